The second-order valence-corrected chi connectivity index (χ2v) is 7.11. The van der Waals surface area contributed by atoms with E-state index in [-0.39, 0.29) is 23.1 Å². The van der Waals surface area contributed by atoms with Gasteiger partial charge < -0.3 is 21.0 Å². The zero-order valence-corrected chi connectivity index (χ0v) is 15.5. The average Bonchev–Trinajstić information content (AvgIpc) is 3.44. The third-order valence-electron chi connectivity index (χ3n) is 4.71. The monoisotopic (exact) mass is 382 g/mol. The first kappa shape index (κ1) is 17.5. The lowest BCUT2D eigenvalue weighted by atomic mass is 10.1. The number of hydrogen-bond acceptors (Lipinski definition) is 6. The minimum atomic E-state index is -0.0666. The second kappa shape index (κ2) is 6.66. The Bertz CT molecular complexity index is 1120. The van der Waals surface area contributed by atoms with Gasteiger partial charge in [0.2, 0.25) is 0 Å². The fraction of sp³-hybridized carbons (Fsp3) is 0.263. The zero-order valence-electron chi connectivity index (χ0n) is 14.8. The summed E-state index contributed by atoms with van der Waals surface area (Å²) in [5.74, 6) is 0.737. The highest BCUT2D eigenvalue weighted by atomic mass is 35.5. The van der Waals surface area contributed by atoms with Gasteiger partial charge in [0.25, 0.3) is 5.56 Å². The Labute approximate surface area is 160 Å². The van der Waals surface area contributed by atoms with Crippen molar-refractivity contribution in [2.45, 2.75) is 32.4 Å². The Morgan fingerprint density at radius 2 is 2.19 bits per heavy atom. The number of pyridine rings is 1. The number of nitrogens with zero attached hydrogens (tertiary/aromatic N) is 3. The summed E-state index contributed by atoms with van der Waals surface area (Å²) in [7, 11) is 0. The van der Waals surface area contributed by atoms with Crippen molar-refractivity contribution >= 4 is 39.7 Å². The van der Waals surface area contributed by atoms with E-state index < -0.39 is 0 Å². The maximum Gasteiger partial charge on any atom is 0.260 e. The van der Waals surface area contributed by atoms with Gasteiger partial charge in [-0.3, -0.25) is 4.79 Å². The maximum atomic E-state index is 13.1. The molecular formula is C19H19ClN6O. The molecule has 1 aliphatic rings. The van der Waals surface area contributed by atoms with Gasteiger partial charge in [0.1, 0.15) is 18.0 Å². The molecule has 2 aromatic heterocycles. The van der Waals surface area contributed by atoms with Crippen LogP contribution >= 0.6 is 11.6 Å². The summed E-state index contributed by atoms with van der Waals surface area (Å²) in [6.45, 7) is 2.02. The highest BCUT2D eigenvalue weighted by Crippen LogP contribution is 2.36. The van der Waals surface area contributed by atoms with Crippen LogP contribution in [0.25, 0.3) is 10.8 Å². The van der Waals surface area contributed by atoms with E-state index in [1.54, 1.807) is 13.0 Å². The van der Waals surface area contributed by atoms with Crippen LogP contribution in [-0.4, -0.2) is 20.2 Å². The molecular weight excluding hydrogens is 364 g/mol. The molecule has 8 heteroatoms. The Morgan fingerprint density at radius 1 is 1.41 bits per heavy atom. The van der Waals surface area contributed by atoms with E-state index in [1.165, 1.54) is 6.33 Å². The Balaban J connectivity index is 1.77. The number of rotatable bonds is 5. The lowest BCUT2D eigenvalue weighted by molar-refractivity contribution is 0.672. The van der Waals surface area contributed by atoms with Crippen LogP contribution in [0.3, 0.4) is 0 Å². The molecule has 3 aromatic rings. The zero-order chi connectivity index (χ0) is 19.1. The van der Waals surface area contributed by atoms with Gasteiger partial charge in [-0.2, -0.15) is 0 Å². The quantitative estimate of drug-likeness (QED) is 0.586. The van der Waals surface area contributed by atoms with Gasteiger partial charge in [-0.05, 0) is 37.3 Å². The van der Waals surface area contributed by atoms with Crippen molar-refractivity contribution in [2.24, 2.45) is 0 Å². The Kier molecular flexibility index (Phi) is 4.31. The molecule has 7 nitrogen and oxygen atoms in total. The largest absolute Gasteiger partial charge is 0.383 e. The summed E-state index contributed by atoms with van der Waals surface area (Å²) in [5, 5.41) is 13.0. The van der Waals surface area contributed by atoms with E-state index in [9.17, 15) is 4.79 Å². The third kappa shape index (κ3) is 3.14. The van der Waals surface area contributed by atoms with E-state index in [1.807, 2.05) is 22.8 Å². The molecule has 0 atom stereocenters. The number of halogens is 1. The first-order valence-electron chi connectivity index (χ1n) is 8.70. The maximum absolute atomic E-state index is 13.1. The van der Waals surface area contributed by atoms with E-state index in [0.717, 1.165) is 23.9 Å². The summed E-state index contributed by atoms with van der Waals surface area (Å²) in [6, 6.07) is 7.65. The first-order chi connectivity index (χ1) is 13.0. The number of anilines is 2. The van der Waals surface area contributed by atoms with Crippen LogP contribution in [0.15, 0.2) is 35.4 Å². The number of hydrogen-bond donors (Lipinski definition) is 3. The van der Waals surface area contributed by atoms with Gasteiger partial charge in [-0.1, -0.05) is 23.7 Å². The van der Waals surface area contributed by atoms with E-state index in [2.05, 4.69) is 15.3 Å². The SMILES string of the molecule is CC(=N)c1c(N)ncnc1NCc1cc2cccc(Cl)c2c(=O)n1C1CC1. The molecule has 4 N–H and O–H groups in total. The molecule has 4 rings (SSSR count). The number of nitrogens with two attached hydrogens (primary N) is 1. The molecule has 0 amide bonds. The van der Waals surface area contributed by atoms with Crippen molar-refractivity contribution < 1.29 is 0 Å². The van der Waals surface area contributed by atoms with Crippen molar-refractivity contribution in [1.29, 1.82) is 5.41 Å². The van der Waals surface area contributed by atoms with Crippen molar-refractivity contribution in [3.63, 3.8) is 0 Å². The smallest absolute Gasteiger partial charge is 0.260 e. The van der Waals surface area contributed by atoms with Crippen LogP contribution in [0.1, 0.15) is 37.1 Å². The Morgan fingerprint density at radius 3 is 2.89 bits per heavy atom. The Hall–Kier alpha value is -2.93. The second-order valence-electron chi connectivity index (χ2n) is 6.71. The minimum Gasteiger partial charge on any atom is -0.383 e. The summed E-state index contributed by atoms with van der Waals surface area (Å²) >= 11 is 6.27. The number of benzene rings is 1. The van der Waals surface area contributed by atoms with Crippen molar-refractivity contribution in [3.05, 3.63) is 57.2 Å². The lowest BCUT2D eigenvalue weighted by Gasteiger charge is -2.17. The standard InChI is InChI=1S/C19H19ClN6O/c1-10(21)15-17(22)24-9-25-18(15)23-8-13-7-11-3-2-4-14(20)16(11)19(27)26(13)12-5-6-12/h2-4,7,9,12,21H,5-6,8H2,1H3,(H3,22,23,24,25). The van der Waals surface area contributed by atoms with Gasteiger partial charge in [0, 0.05) is 17.4 Å². The molecule has 0 aliphatic heterocycles. The summed E-state index contributed by atoms with van der Waals surface area (Å²) in [4.78, 5) is 21.2. The van der Waals surface area contributed by atoms with Gasteiger partial charge >= 0.3 is 0 Å². The molecule has 0 bridgehead atoms. The van der Waals surface area contributed by atoms with E-state index in [4.69, 9.17) is 22.7 Å². The molecule has 1 aromatic carbocycles. The molecule has 138 valence electrons. The lowest BCUT2D eigenvalue weighted by Crippen LogP contribution is -2.25. The van der Waals surface area contributed by atoms with Crippen LogP contribution in [0, 0.1) is 5.41 Å². The highest BCUT2D eigenvalue weighted by Gasteiger charge is 2.28. The minimum absolute atomic E-state index is 0.0666. The molecule has 0 saturated heterocycles. The van der Waals surface area contributed by atoms with Crippen molar-refractivity contribution in [2.75, 3.05) is 11.1 Å². The third-order valence-corrected chi connectivity index (χ3v) is 5.03. The number of fused-ring (bicyclic) bond motifs is 1. The molecule has 1 fully saturated rings. The highest BCUT2D eigenvalue weighted by molar-refractivity contribution is 6.35. The summed E-state index contributed by atoms with van der Waals surface area (Å²) in [6.07, 6.45) is 3.32. The summed E-state index contributed by atoms with van der Waals surface area (Å²) in [5.41, 5.74) is 7.43. The molecule has 1 aliphatic carbocycles. The summed E-state index contributed by atoms with van der Waals surface area (Å²) < 4.78 is 1.82. The van der Waals surface area contributed by atoms with Crippen LogP contribution < -0.4 is 16.6 Å². The normalized spacial score (nSPS) is 13.7. The topological polar surface area (TPSA) is 110 Å². The van der Waals surface area contributed by atoms with Gasteiger partial charge in [-0.25, -0.2) is 9.97 Å². The van der Waals surface area contributed by atoms with Gasteiger partial charge in [0.05, 0.1) is 22.5 Å². The fourth-order valence-electron chi connectivity index (χ4n) is 3.33. The molecule has 27 heavy (non-hydrogen) atoms. The molecule has 0 spiro atoms. The predicted molar refractivity (Wildman–Crippen MR) is 108 cm³/mol. The van der Waals surface area contributed by atoms with Crippen LogP contribution in [0.5, 0.6) is 0 Å². The molecule has 0 radical (unpaired) electrons. The predicted octanol–water partition coefficient (Wildman–Crippen LogP) is 3.36. The van der Waals surface area contributed by atoms with Crippen molar-refractivity contribution in [3.8, 4) is 0 Å². The number of aromatic nitrogens is 3. The average molecular weight is 383 g/mol. The number of nitrogen functional groups attached to an aromatic ring is 1. The molecule has 0 unspecified atom stereocenters. The first-order valence-corrected chi connectivity index (χ1v) is 9.07. The number of nitrogens with one attached hydrogen (secondary N) is 2. The van der Waals surface area contributed by atoms with Gasteiger partial charge in [-0.15, -0.1) is 0 Å². The van der Waals surface area contributed by atoms with Crippen LogP contribution in [0.2, 0.25) is 5.02 Å². The molecule has 1 saturated carbocycles. The molecule has 2 heterocycles. The van der Waals surface area contributed by atoms with Crippen LogP contribution in [0.4, 0.5) is 11.6 Å². The van der Waals surface area contributed by atoms with Crippen molar-refractivity contribution in [1.82, 2.24) is 14.5 Å². The van der Waals surface area contributed by atoms with Crippen LogP contribution in [-0.2, 0) is 6.54 Å². The van der Waals surface area contributed by atoms with E-state index >= 15 is 0 Å². The fourth-order valence-corrected chi connectivity index (χ4v) is 3.60. The van der Waals surface area contributed by atoms with Gasteiger partial charge in [0.15, 0.2) is 0 Å². The van der Waals surface area contributed by atoms with E-state index in [0.29, 0.717) is 28.3 Å².